The lowest BCUT2D eigenvalue weighted by Gasteiger charge is -2.31. The Morgan fingerprint density at radius 1 is 1.10 bits per heavy atom. The number of carbonyl (C=O) groups is 1. The molecule has 1 heterocycles. The number of hydrogen-bond acceptors (Lipinski definition) is 4. The van der Waals surface area contributed by atoms with Gasteiger partial charge in [0.2, 0.25) is 15.9 Å². The first-order valence-corrected chi connectivity index (χ1v) is 12.0. The summed E-state index contributed by atoms with van der Waals surface area (Å²) < 4.78 is 32.3. The molecule has 0 radical (unpaired) electrons. The maximum absolute atomic E-state index is 12.7. The van der Waals surface area contributed by atoms with E-state index in [0.717, 1.165) is 16.9 Å². The molecule has 2 aromatic carbocycles. The van der Waals surface area contributed by atoms with Gasteiger partial charge in [0.15, 0.2) is 0 Å². The number of rotatable bonds is 8. The summed E-state index contributed by atoms with van der Waals surface area (Å²) in [7, 11) is -3.37. The van der Waals surface area contributed by atoms with Crippen molar-refractivity contribution < 1.29 is 17.9 Å². The monoisotopic (exact) mass is 430 g/mol. The molecule has 0 aromatic heterocycles. The zero-order valence-electron chi connectivity index (χ0n) is 17.6. The molecule has 6 nitrogen and oxygen atoms in total. The van der Waals surface area contributed by atoms with Crippen LogP contribution in [0.3, 0.4) is 0 Å². The third kappa shape index (κ3) is 5.83. The predicted molar refractivity (Wildman–Crippen MR) is 118 cm³/mol. The number of ether oxygens (including phenoxy) is 1. The van der Waals surface area contributed by atoms with Crippen molar-refractivity contribution in [2.45, 2.75) is 38.5 Å². The predicted octanol–water partition coefficient (Wildman–Crippen LogP) is 3.50. The Bertz CT molecular complexity index is 921. The van der Waals surface area contributed by atoms with Crippen molar-refractivity contribution in [3.63, 3.8) is 0 Å². The largest absolute Gasteiger partial charge is 0.494 e. The summed E-state index contributed by atoms with van der Waals surface area (Å²) >= 11 is 0. The van der Waals surface area contributed by atoms with Crippen LogP contribution in [0.25, 0.3) is 0 Å². The first-order valence-electron chi connectivity index (χ1n) is 10.4. The van der Waals surface area contributed by atoms with Gasteiger partial charge < -0.3 is 10.1 Å². The molecule has 1 aliphatic heterocycles. The minimum absolute atomic E-state index is 0.000518. The van der Waals surface area contributed by atoms with E-state index in [2.05, 4.69) is 5.32 Å². The van der Waals surface area contributed by atoms with E-state index in [-0.39, 0.29) is 23.6 Å². The molecule has 7 heteroatoms. The first-order chi connectivity index (χ1) is 14.4. The van der Waals surface area contributed by atoms with Crippen LogP contribution in [0.1, 0.15) is 43.9 Å². The van der Waals surface area contributed by atoms with Gasteiger partial charge in [0.05, 0.1) is 18.4 Å². The Morgan fingerprint density at radius 2 is 1.73 bits per heavy atom. The van der Waals surface area contributed by atoms with Gasteiger partial charge in [-0.1, -0.05) is 42.5 Å². The highest BCUT2D eigenvalue weighted by Crippen LogP contribution is 2.24. The van der Waals surface area contributed by atoms with E-state index in [1.165, 1.54) is 4.31 Å². The van der Waals surface area contributed by atoms with Crippen molar-refractivity contribution >= 4 is 15.9 Å². The molecule has 2 aromatic rings. The molecule has 30 heavy (non-hydrogen) atoms. The van der Waals surface area contributed by atoms with E-state index in [4.69, 9.17) is 4.74 Å². The molecular weight excluding hydrogens is 400 g/mol. The van der Waals surface area contributed by atoms with Crippen LogP contribution in [0.4, 0.5) is 0 Å². The summed E-state index contributed by atoms with van der Waals surface area (Å²) in [6.07, 6.45) is 1.08. The molecule has 1 N–H and O–H groups in total. The van der Waals surface area contributed by atoms with Gasteiger partial charge in [0.25, 0.3) is 0 Å². The molecule has 0 spiro atoms. The number of carbonyl (C=O) groups excluding carboxylic acids is 1. The van der Waals surface area contributed by atoms with Crippen LogP contribution in [0.2, 0.25) is 0 Å². The fourth-order valence-corrected chi connectivity index (χ4v) is 5.27. The fraction of sp³-hybridized carbons (Fsp3) is 0.435. The maximum Gasteiger partial charge on any atom is 0.223 e. The molecule has 0 bridgehead atoms. The van der Waals surface area contributed by atoms with Crippen molar-refractivity contribution in [3.8, 4) is 5.75 Å². The summed E-state index contributed by atoms with van der Waals surface area (Å²) in [6.45, 7) is 5.27. The van der Waals surface area contributed by atoms with Crippen molar-refractivity contribution in [2.75, 3.05) is 19.7 Å². The van der Waals surface area contributed by atoms with E-state index < -0.39 is 10.0 Å². The molecular formula is C23H30N2O4S. The quantitative estimate of drug-likeness (QED) is 0.695. The van der Waals surface area contributed by atoms with Crippen LogP contribution in [-0.4, -0.2) is 38.3 Å². The van der Waals surface area contributed by atoms with Crippen LogP contribution >= 0.6 is 0 Å². The molecule has 162 valence electrons. The van der Waals surface area contributed by atoms with Gasteiger partial charge in [0.1, 0.15) is 5.75 Å². The second-order valence-corrected chi connectivity index (χ2v) is 9.62. The number of sulfonamides is 1. The first kappa shape index (κ1) is 22.3. The molecule has 1 aliphatic rings. The molecule has 0 aliphatic carbocycles. The molecule has 1 fully saturated rings. The lowest BCUT2D eigenvalue weighted by atomic mass is 9.96. The van der Waals surface area contributed by atoms with Crippen LogP contribution < -0.4 is 10.1 Å². The van der Waals surface area contributed by atoms with Crippen LogP contribution in [-0.2, 0) is 20.6 Å². The normalized spacial score (nSPS) is 16.7. The zero-order valence-corrected chi connectivity index (χ0v) is 18.4. The van der Waals surface area contributed by atoms with Crippen molar-refractivity contribution in [2.24, 2.45) is 5.92 Å². The second-order valence-electron chi connectivity index (χ2n) is 7.65. The Morgan fingerprint density at radius 3 is 2.33 bits per heavy atom. The number of amides is 1. The van der Waals surface area contributed by atoms with Crippen LogP contribution in [0.15, 0.2) is 54.6 Å². The second kappa shape index (κ2) is 10.1. The van der Waals surface area contributed by atoms with E-state index in [1.807, 2.05) is 68.4 Å². The summed E-state index contributed by atoms with van der Waals surface area (Å²) in [4.78, 5) is 12.7. The van der Waals surface area contributed by atoms with Crippen LogP contribution in [0, 0.1) is 5.92 Å². The number of piperidine rings is 1. The smallest absolute Gasteiger partial charge is 0.223 e. The average molecular weight is 431 g/mol. The van der Waals surface area contributed by atoms with E-state index in [0.29, 0.717) is 32.5 Å². The minimum Gasteiger partial charge on any atom is -0.494 e. The third-order valence-electron chi connectivity index (χ3n) is 5.46. The maximum atomic E-state index is 12.7. The van der Waals surface area contributed by atoms with Gasteiger partial charge in [-0.25, -0.2) is 12.7 Å². The third-order valence-corrected chi connectivity index (χ3v) is 7.31. The SMILES string of the molecule is CCOc1ccc(C(C)NC(=O)C2CCN(S(=O)(=O)Cc3ccccc3)CC2)cc1. The van der Waals surface area contributed by atoms with Crippen LogP contribution in [0.5, 0.6) is 5.75 Å². The minimum atomic E-state index is -3.37. The van der Waals surface area contributed by atoms with Gasteiger partial charge in [-0.05, 0) is 49.9 Å². The fourth-order valence-electron chi connectivity index (χ4n) is 3.71. The molecule has 1 saturated heterocycles. The number of nitrogens with one attached hydrogen (secondary N) is 1. The Kier molecular flexibility index (Phi) is 7.50. The van der Waals surface area contributed by atoms with Gasteiger partial charge in [0, 0.05) is 19.0 Å². The Labute approximate surface area is 179 Å². The van der Waals surface area contributed by atoms with E-state index in [9.17, 15) is 13.2 Å². The Hall–Kier alpha value is -2.38. The van der Waals surface area contributed by atoms with Gasteiger partial charge in [-0.3, -0.25) is 4.79 Å². The highest BCUT2D eigenvalue weighted by Gasteiger charge is 2.31. The number of hydrogen-bond donors (Lipinski definition) is 1. The molecule has 3 rings (SSSR count). The summed E-state index contributed by atoms with van der Waals surface area (Å²) in [5.74, 6) is 0.623. The highest BCUT2D eigenvalue weighted by molar-refractivity contribution is 7.88. The lowest BCUT2D eigenvalue weighted by molar-refractivity contribution is -0.126. The van der Waals surface area contributed by atoms with Crippen molar-refractivity contribution in [3.05, 3.63) is 65.7 Å². The molecule has 1 unspecified atom stereocenters. The summed E-state index contributed by atoms with van der Waals surface area (Å²) in [5, 5.41) is 3.06. The van der Waals surface area contributed by atoms with Gasteiger partial charge >= 0.3 is 0 Å². The van der Waals surface area contributed by atoms with E-state index in [1.54, 1.807) is 0 Å². The standard InChI is InChI=1S/C23H30N2O4S/c1-3-29-22-11-9-20(10-12-22)18(2)24-23(26)21-13-15-25(16-14-21)30(27,28)17-19-7-5-4-6-8-19/h4-12,18,21H,3,13-17H2,1-2H3,(H,24,26). The molecule has 0 saturated carbocycles. The topological polar surface area (TPSA) is 75.7 Å². The molecule has 1 atom stereocenters. The summed E-state index contributed by atoms with van der Waals surface area (Å²) in [6, 6.07) is 16.8. The highest BCUT2D eigenvalue weighted by atomic mass is 32.2. The summed E-state index contributed by atoms with van der Waals surface area (Å²) in [5.41, 5.74) is 1.79. The number of nitrogens with zero attached hydrogens (tertiary/aromatic N) is 1. The van der Waals surface area contributed by atoms with E-state index >= 15 is 0 Å². The van der Waals surface area contributed by atoms with Gasteiger partial charge in [-0.15, -0.1) is 0 Å². The van der Waals surface area contributed by atoms with Gasteiger partial charge in [-0.2, -0.15) is 0 Å². The molecule has 1 amide bonds. The zero-order chi connectivity index (χ0) is 21.6. The van der Waals surface area contributed by atoms with Crippen molar-refractivity contribution in [1.82, 2.24) is 9.62 Å². The Balaban J connectivity index is 1.51. The lowest BCUT2D eigenvalue weighted by Crippen LogP contribution is -2.43. The average Bonchev–Trinajstić information content (AvgIpc) is 2.75. The van der Waals surface area contributed by atoms with Crippen molar-refractivity contribution in [1.29, 1.82) is 0 Å². The number of benzene rings is 2.